The number of aliphatic imine (C=N–C) groups is 1. The van der Waals surface area contributed by atoms with E-state index in [4.69, 9.17) is 0 Å². The maximum atomic E-state index is 12.1. The van der Waals surface area contributed by atoms with E-state index in [1.54, 1.807) is 0 Å². The minimum atomic E-state index is -0.783. The largest absolute Gasteiger partial charge is 0.356 e. The Bertz CT molecular complexity index is 579. The lowest BCUT2D eigenvalue weighted by molar-refractivity contribution is -0.125. The zero-order chi connectivity index (χ0) is 19.4. The maximum Gasteiger partial charge on any atom is 0.322 e. The first-order valence-electron chi connectivity index (χ1n) is 10.2. The Labute approximate surface area is 162 Å². The molecule has 0 aromatic carbocycles. The van der Waals surface area contributed by atoms with E-state index in [9.17, 15) is 9.59 Å². The number of carbonyl (C=O) groups excluding carboxylic acids is 2. The summed E-state index contributed by atoms with van der Waals surface area (Å²) in [5, 5.41) is 8.70. The highest BCUT2D eigenvalue weighted by Gasteiger charge is 2.48. The maximum absolute atomic E-state index is 12.1. The van der Waals surface area contributed by atoms with Crippen LogP contribution in [0.4, 0.5) is 4.79 Å². The van der Waals surface area contributed by atoms with Crippen molar-refractivity contribution in [2.24, 2.45) is 16.8 Å². The molecule has 27 heavy (non-hydrogen) atoms. The monoisotopic (exact) mass is 378 g/mol. The second-order valence-electron chi connectivity index (χ2n) is 8.38. The van der Waals surface area contributed by atoms with Crippen molar-refractivity contribution in [3.8, 4) is 0 Å². The van der Waals surface area contributed by atoms with Crippen molar-refractivity contribution in [2.75, 3.05) is 46.8 Å². The van der Waals surface area contributed by atoms with Crippen molar-refractivity contribution in [2.45, 2.75) is 44.6 Å². The fourth-order valence-electron chi connectivity index (χ4n) is 4.58. The van der Waals surface area contributed by atoms with Crippen LogP contribution in [0.15, 0.2) is 4.99 Å². The third kappa shape index (κ3) is 4.54. The predicted octanol–water partition coefficient (Wildman–Crippen LogP) is 0.604. The van der Waals surface area contributed by atoms with Crippen molar-refractivity contribution in [1.29, 1.82) is 0 Å². The minimum absolute atomic E-state index is 0.150. The zero-order valence-electron chi connectivity index (χ0n) is 16.9. The van der Waals surface area contributed by atoms with Gasteiger partial charge in [0.2, 0.25) is 0 Å². The van der Waals surface area contributed by atoms with Gasteiger partial charge in [0.1, 0.15) is 5.54 Å². The molecule has 3 fully saturated rings. The van der Waals surface area contributed by atoms with Gasteiger partial charge in [-0.15, -0.1) is 0 Å². The number of carbonyl (C=O) groups is 2. The summed E-state index contributed by atoms with van der Waals surface area (Å²) in [4.78, 5) is 32.8. The number of hydrogen-bond donors (Lipinski definition) is 3. The second-order valence-corrected chi connectivity index (χ2v) is 8.38. The van der Waals surface area contributed by atoms with Gasteiger partial charge in [-0.05, 0) is 71.0 Å². The van der Waals surface area contributed by atoms with Crippen molar-refractivity contribution in [3.63, 3.8) is 0 Å². The van der Waals surface area contributed by atoms with E-state index in [1.807, 2.05) is 14.0 Å². The summed E-state index contributed by atoms with van der Waals surface area (Å²) in [6.45, 7) is 6.89. The Morgan fingerprint density at radius 2 is 1.85 bits per heavy atom. The number of likely N-dealkylation sites (tertiary alicyclic amines) is 2. The van der Waals surface area contributed by atoms with Crippen LogP contribution < -0.4 is 16.0 Å². The Morgan fingerprint density at radius 1 is 1.19 bits per heavy atom. The standard InChI is InChI=1S/C19H34N6O2/c1-19(16(26)22-18(27)23-19)15-7-12-25(13-8-15)17(20-2)21-9-4-14-5-10-24(3)11-6-14/h14-15H,4-13H2,1-3H3,(H,20,21)(H2,22,23,26,27). The number of amides is 3. The van der Waals surface area contributed by atoms with Crippen LogP contribution in [0.3, 0.4) is 0 Å². The van der Waals surface area contributed by atoms with Crippen LogP contribution in [0.2, 0.25) is 0 Å². The van der Waals surface area contributed by atoms with Crippen molar-refractivity contribution in [3.05, 3.63) is 0 Å². The Kier molecular flexibility index (Phi) is 6.24. The van der Waals surface area contributed by atoms with Crippen LogP contribution in [-0.2, 0) is 4.79 Å². The van der Waals surface area contributed by atoms with Crippen LogP contribution >= 0.6 is 0 Å². The summed E-state index contributed by atoms with van der Waals surface area (Å²) >= 11 is 0. The Hall–Kier alpha value is -1.83. The van der Waals surface area contributed by atoms with E-state index in [-0.39, 0.29) is 17.9 Å². The molecule has 3 rings (SSSR count). The summed E-state index contributed by atoms with van der Waals surface area (Å²) < 4.78 is 0. The SMILES string of the molecule is CN=C(NCCC1CCN(C)CC1)N1CCC(C2(C)NC(=O)NC2=O)CC1. The smallest absolute Gasteiger partial charge is 0.322 e. The number of nitrogens with zero attached hydrogens (tertiary/aromatic N) is 3. The molecule has 0 radical (unpaired) electrons. The molecule has 3 N–H and O–H groups in total. The van der Waals surface area contributed by atoms with Crippen LogP contribution in [0.5, 0.6) is 0 Å². The lowest BCUT2D eigenvalue weighted by Gasteiger charge is -2.39. The molecular weight excluding hydrogens is 344 g/mol. The van der Waals surface area contributed by atoms with E-state index in [0.717, 1.165) is 44.4 Å². The predicted molar refractivity (Wildman–Crippen MR) is 106 cm³/mol. The average Bonchev–Trinajstić information content (AvgIpc) is 2.93. The minimum Gasteiger partial charge on any atom is -0.356 e. The third-order valence-electron chi connectivity index (χ3n) is 6.57. The van der Waals surface area contributed by atoms with E-state index in [0.29, 0.717) is 0 Å². The molecule has 1 atom stereocenters. The van der Waals surface area contributed by atoms with Crippen molar-refractivity contribution in [1.82, 2.24) is 25.8 Å². The molecule has 3 heterocycles. The highest BCUT2D eigenvalue weighted by atomic mass is 16.2. The molecule has 3 aliphatic heterocycles. The third-order valence-corrected chi connectivity index (χ3v) is 6.57. The molecule has 0 aromatic heterocycles. The number of nitrogens with one attached hydrogen (secondary N) is 3. The summed E-state index contributed by atoms with van der Waals surface area (Å²) in [5.74, 6) is 1.71. The molecular formula is C19H34N6O2. The van der Waals surface area contributed by atoms with Gasteiger partial charge in [0, 0.05) is 26.7 Å². The van der Waals surface area contributed by atoms with Gasteiger partial charge < -0.3 is 20.4 Å². The highest BCUT2D eigenvalue weighted by Crippen LogP contribution is 2.30. The van der Waals surface area contributed by atoms with Gasteiger partial charge in [-0.3, -0.25) is 15.1 Å². The number of hydrogen-bond acceptors (Lipinski definition) is 4. The van der Waals surface area contributed by atoms with Gasteiger partial charge in [-0.2, -0.15) is 0 Å². The van der Waals surface area contributed by atoms with E-state index >= 15 is 0 Å². The molecule has 8 heteroatoms. The fraction of sp³-hybridized carbons (Fsp3) is 0.842. The highest BCUT2D eigenvalue weighted by molar-refractivity contribution is 6.07. The molecule has 3 amide bonds. The van der Waals surface area contributed by atoms with Gasteiger partial charge in [0.25, 0.3) is 5.91 Å². The first-order valence-corrected chi connectivity index (χ1v) is 10.2. The van der Waals surface area contributed by atoms with E-state index in [2.05, 4.69) is 37.8 Å². The summed E-state index contributed by atoms with van der Waals surface area (Å²) in [7, 11) is 4.02. The van der Waals surface area contributed by atoms with E-state index < -0.39 is 5.54 Å². The van der Waals surface area contributed by atoms with Crippen molar-refractivity contribution >= 4 is 17.9 Å². The molecule has 0 aliphatic carbocycles. The quantitative estimate of drug-likeness (QED) is 0.379. The number of guanidine groups is 1. The topological polar surface area (TPSA) is 89.1 Å². The molecule has 3 aliphatic rings. The van der Waals surface area contributed by atoms with E-state index in [1.165, 1.54) is 32.4 Å². The zero-order valence-corrected chi connectivity index (χ0v) is 16.9. The lowest BCUT2D eigenvalue weighted by atomic mass is 9.79. The van der Waals surface area contributed by atoms with Gasteiger partial charge in [-0.1, -0.05) is 0 Å². The van der Waals surface area contributed by atoms with Crippen molar-refractivity contribution < 1.29 is 9.59 Å². The number of piperidine rings is 2. The molecule has 0 aromatic rings. The van der Waals surface area contributed by atoms with Crippen LogP contribution in [-0.4, -0.2) is 80.1 Å². The molecule has 0 bridgehead atoms. The summed E-state index contributed by atoms with van der Waals surface area (Å²) in [6, 6.07) is -0.378. The average molecular weight is 379 g/mol. The van der Waals surface area contributed by atoms with Crippen LogP contribution in [0.1, 0.15) is 39.0 Å². The summed E-state index contributed by atoms with van der Waals surface area (Å²) in [5.41, 5.74) is -0.783. The molecule has 1 unspecified atom stereocenters. The molecule has 8 nitrogen and oxygen atoms in total. The second kappa shape index (κ2) is 8.46. The fourth-order valence-corrected chi connectivity index (χ4v) is 4.58. The first-order chi connectivity index (χ1) is 12.9. The Morgan fingerprint density at radius 3 is 2.41 bits per heavy atom. The molecule has 0 saturated carbocycles. The molecule has 0 spiro atoms. The lowest BCUT2D eigenvalue weighted by Crippen LogP contribution is -2.55. The Balaban J connectivity index is 1.43. The normalized spacial score (nSPS) is 29.0. The van der Waals surface area contributed by atoms with Crippen LogP contribution in [0, 0.1) is 11.8 Å². The number of urea groups is 1. The van der Waals surface area contributed by atoms with Gasteiger partial charge in [-0.25, -0.2) is 4.79 Å². The summed E-state index contributed by atoms with van der Waals surface area (Å²) in [6.07, 6.45) is 5.48. The van der Waals surface area contributed by atoms with Crippen LogP contribution in [0.25, 0.3) is 0 Å². The molecule has 3 saturated heterocycles. The number of rotatable bonds is 4. The molecule has 152 valence electrons. The van der Waals surface area contributed by atoms with Gasteiger partial charge in [0.15, 0.2) is 5.96 Å². The van der Waals surface area contributed by atoms with Gasteiger partial charge in [0.05, 0.1) is 0 Å². The number of imide groups is 1. The first kappa shape index (κ1) is 19.9. The van der Waals surface area contributed by atoms with Gasteiger partial charge >= 0.3 is 6.03 Å².